The Balaban J connectivity index is 1.87. The van der Waals surface area contributed by atoms with Crippen molar-refractivity contribution in [2.75, 3.05) is 39.8 Å². The molecule has 2 heterocycles. The van der Waals surface area contributed by atoms with Crippen molar-refractivity contribution in [1.82, 2.24) is 29.9 Å². The molecule has 1 N–H and O–H groups in total. The lowest BCUT2D eigenvalue weighted by Crippen LogP contribution is -2.54. The highest BCUT2D eigenvalue weighted by Crippen LogP contribution is 2.13. The molecule has 1 fully saturated rings. The number of hydrogen-bond acceptors (Lipinski definition) is 5. The van der Waals surface area contributed by atoms with E-state index in [0.29, 0.717) is 18.5 Å². The molecule has 124 valence electrons. The van der Waals surface area contributed by atoms with Gasteiger partial charge in [-0.25, -0.2) is 9.67 Å². The van der Waals surface area contributed by atoms with Crippen molar-refractivity contribution < 1.29 is 4.79 Å². The molecule has 1 aromatic rings. The summed E-state index contributed by atoms with van der Waals surface area (Å²) >= 11 is 0. The number of likely N-dealkylation sites (N-methyl/N-ethyl adjacent to an activating group) is 1. The summed E-state index contributed by atoms with van der Waals surface area (Å²) in [6, 6.07) is 0.0448. The molecule has 0 aliphatic carbocycles. The normalized spacial score (nSPS) is 20.0. The van der Waals surface area contributed by atoms with Crippen molar-refractivity contribution >= 4 is 5.91 Å². The molecular weight excluding hydrogens is 280 g/mol. The highest BCUT2D eigenvalue weighted by atomic mass is 16.2. The van der Waals surface area contributed by atoms with Crippen LogP contribution >= 0.6 is 0 Å². The van der Waals surface area contributed by atoms with Gasteiger partial charge in [-0.05, 0) is 19.9 Å². The maximum atomic E-state index is 12.3. The van der Waals surface area contributed by atoms with Crippen LogP contribution < -0.4 is 5.32 Å². The number of nitrogens with zero attached hydrogens (tertiary/aromatic N) is 5. The molecular formula is C15H28N6O. The monoisotopic (exact) mass is 308 g/mol. The fraction of sp³-hybridized carbons (Fsp3) is 0.800. The Hall–Kier alpha value is -1.47. The number of rotatable bonds is 6. The lowest BCUT2D eigenvalue weighted by molar-refractivity contribution is -0.124. The number of hydrogen-bond donors (Lipinski definition) is 1. The van der Waals surface area contributed by atoms with Crippen LogP contribution in [0.15, 0.2) is 12.7 Å². The molecule has 7 nitrogen and oxygen atoms in total. The molecule has 0 saturated carbocycles. The summed E-state index contributed by atoms with van der Waals surface area (Å²) in [5, 5.41) is 7.10. The molecule has 2 unspecified atom stereocenters. The molecule has 1 saturated heterocycles. The van der Waals surface area contributed by atoms with Crippen molar-refractivity contribution in [2.45, 2.75) is 32.9 Å². The zero-order valence-corrected chi connectivity index (χ0v) is 14.1. The first kappa shape index (κ1) is 16.9. The van der Waals surface area contributed by atoms with E-state index >= 15 is 0 Å². The van der Waals surface area contributed by atoms with Crippen molar-refractivity contribution in [3.63, 3.8) is 0 Å². The van der Waals surface area contributed by atoms with E-state index in [0.717, 1.165) is 26.2 Å². The molecule has 1 aliphatic rings. The summed E-state index contributed by atoms with van der Waals surface area (Å²) in [7, 11) is 2.16. The van der Waals surface area contributed by atoms with E-state index in [1.165, 1.54) is 6.33 Å². The molecule has 2 atom stereocenters. The first-order valence-corrected chi connectivity index (χ1v) is 8.03. The largest absolute Gasteiger partial charge is 0.353 e. The third-order valence-electron chi connectivity index (χ3n) is 4.47. The summed E-state index contributed by atoms with van der Waals surface area (Å²) in [6.45, 7) is 11.3. The fourth-order valence-electron chi connectivity index (χ4n) is 2.83. The van der Waals surface area contributed by atoms with Crippen LogP contribution in [0.4, 0.5) is 0 Å². The van der Waals surface area contributed by atoms with Gasteiger partial charge in [0.05, 0.1) is 0 Å². The Kier molecular flexibility index (Phi) is 5.90. The first-order chi connectivity index (χ1) is 10.5. The van der Waals surface area contributed by atoms with Gasteiger partial charge in [0, 0.05) is 38.8 Å². The predicted molar refractivity (Wildman–Crippen MR) is 85.4 cm³/mol. The van der Waals surface area contributed by atoms with Crippen molar-refractivity contribution in [2.24, 2.45) is 5.92 Å². The smallest absolute Gasteiger partial charge is 0.244 e. The number of nitrogens with one attached hydrogen (secondary N) is 1. The summed E-state index contributed by atoms with van der Waals surface area (Å²) in [5.74, 6) is 0.496. The van der Waals surface area contributed by atoms with E-state index in [1.54, 1.807) is 11.0 Å². The lowest BCUT2D eigenvalue weighted by Gasteiger charge is -2.40. The third-order valence-corrected chi connectivity index (χ3v) is 4.47. The maximum Gasteiger partial charge on any atom is 0.244 e. The van der Waals surface area contributed by atoms with E-state index in [-0.39, 0.29) is 11.9 Å². The van der Waals surface area contributed by atoms with Gasteiger partial charge in [-0.15, -0.1) is 0 Å². The molecule has 1 aliphatic heterocycles. The van der Waals surface area contributed by atoms with E-state index in [9.17, 15) is 4.79 Å². The van der Waals surface area contributed by atoms with Crippen LogP contribution in [0, 0.1) is 5.92 Å². The molecule has 2 rings (SSSR count). The maximum absolute atomic E-state index is 12.3. The molecule has 1 aromatic heterocycles. The van der Waals surface area contributed by atoms with Crippen LogP contribution in [-0.2, 0) is 4.79 Å². The highest BCUT2D eigenvalue weighted by molar-refractivity contribution is 5.79. The Morgan fingerprint density at radius 2 is 1.91 bits per heavy atom. The van der Waals surface area contributed by atoms with Gasteiger partial charge in [0.2, 0.25) is 5.91 Å². The van der Waals surface area contributed by atoms with Crippen LogP contribution in [0.5, 0.6) is 0 Å². The SMILES string of the molecule is CC(C)C(CNC(=O)C(C)n1cncn1)N1CCN(C)CC1. The Morgan fingerprint density at radius 1 is 1.23 bits per heavy atom. The second-order valence-electron chi connectivity index (χ2n) is 6.45. The quantitative estimate of drug-likeness (QED) is 0.815. The number of aromatic nitrogens is 3. The number of carbonyl (C=O) groups excluding carboxylic acids is 1. The second-order valence-corrected chi connectivity index (χ2v) is 6.45. The minimum atomic E-state index is -0.331. The van der Waals surface area contributed by atoms with E-state index in [1.807, 2.05) is 6.92 Å². The van der Waals surface area contributed by atoms with E-state index in [4.69, 9.17) is 0 Å². The van der Waals surface area contributed by atoms with Crippen molar-refractivity contribution in [3.05, 3.63) is 12.7 Å². The topological polar surface area (TPSA) is 66.3 Å². The van der Waals surface area contributed by atoms with Gasteiger partial charge in [-0.2, -0.15) is 5.10 Å². The summed E-state index contributed by atoms with van der Waals surface area (Å²) in [4.78, 5) is 21.0. The number of carbonyl (C=O) groups is 1. The predicted octanol–water partition coefficient (Wildman–Crippen LogP) is 0.227. The average molecular weight is 308 g/mol. The molecule has 0 radical (unpaired) electrons. The first-order valence-electron chi connectivity index (χ1n) is 8.03. The van der Waals surface area contributed by atoms with Crippen LogP contribution in [0.3, 0.4) is 0 Å². The summed E-state index contributed by atoms with van der Waals surface area (Å²) in [5.41, 5.74) is 0. The fourth-order valence-corrected chi connectivity index (χ4v) is 2.83. The van der Waals surface area contributed by atoms with Gasteiger partial charge in [-0.1, -0.05) is 13.8 Å². The summed E-state index contributed by atoms with van der Waals surface area (Å²) < 4.78 is 1.58. The van der Waals surface area contributed by atoms with Crippen molar-refractivity contribution in [1.29, 1.82) is 0 Å². The van der Waals surface area contributed by atoms with Crippen LogP contribution in [0.2, 0.25) is 0 Å². The Morgan fingerprint density at radius 3 is 2.45 bits per heavy atom. The third kappa shape index (κ3) is 4.27. The van der Waals surface area contributed by atoms with E-state index in [2.05, 4.69) is 46.1 Å². The van der Waals surface area contributed by atoms with Gasteiger partial charge in [0.25, 0.3) is 0 Å². The van der Waals surface area contributed by atoms with E-state index < -0.39 is 0 Å². The molecule has 7 heteroatoms. The van der Waals surface area contributed by atoms with Gasteiger partial charge < -0.3 is 10.2 Å². The molecule has 1 amide bonds. The van der Waals surface area contributed by atoms with Crippen LogP contribution in [0.25, 0.3) is 0 Å². The zero-order chi connectivity index (χ0) is 16.1. The molecule has 22 heavy (non-hydrogen) atoms. The standard InChI is InChI=1S/C15H28N6O/c1-12(2)14(20-7-5-19(4)6-8-20)9-17-15(22)13(3)21-11-16-10-18-21/h10-14H,5-9H2,1-4H3,(H,17,22). The second kappa shape index (κ2) is 7.69. The molecule has 0 aromatic carbocycles. The van der Waals surface area contributed by atoms with Gasteiger partial charge in [-0.3, -0.25) is 9.69 Å². The summed E-state index contributed by atoms with van der Waals surface area (Å²) in [6.07, 6.45) is 3.02. The van der Waals surface area contributed by atoms with Crippen molar-refractivity contribution in [3.8, 4) is 0 Å². The zero-order valence-electron chi connectivity index (χ0n) is 14.1. The Labute approximate surface area is 132 Å². The average Bonchev–Trinajstić information content (AvgIpc) is 3.02. The Bertz CT molecular complexity index is 453. The minimum Gasteiger partial charge on any atom is -0.353 e. The number of amides is 1. The lowest BCUT2D eigenvalue weighted by atomic mass is 10.0. The highest BCUT2D eigenvalue weighted by Gasteiger charge is 2.26. The molecule has 0 bridgehead atoms. The number of piperazine rings is 1. The van der Waals surface area contributed by atoms with Crippen LogP contribution in [0.1, 0.15) is 26.8 Å². The van der Waals surface area contributed by atoms with Gasteiger partial charge in [0.1, 0.15) is 18.7 Å². The minimum absolute atomic E-state index is 0.00900. The van der Waals surface area contributed by atoms with Gasteiger partial charge in [0.15, 0.2) is 0 Å². The van der Waals surface area contributed by atoms with Crippen LogP contribution in [-0.4, -0.2) is 76.3 Å². The van der Waals surface area contributed by atoms with Gasteiger partial charge >= 0.3 is 0 Å². The molecule has 0 spiro atoms.